The highest BCUT2D eigenvalue weighted by molar-refractivity contribution is 6.06. The van der Waals surface area contributed by atoms with Crippen molar-refractivity contribution in [1.82, 2.24) is 5.32 Å². The fraction of sp³-hybridized carbons (Fsp3) is 0.200. The lowest BCUT2D eigenvalue weighted by Gasteiger charge is -2.05. The van der Waals surface area contributed by atoms with Crippen LogP contribution in [-0.2, 0) is 9.59 Å². The summed E-state index contributed by atoms with van der Waals surface area (Å²) >= 11 is 0. The molecule has 1 aromatic rings. The minimum absolute atomic E-state index is 0.211. The maximum Gasteiger partial charge on any atom is 0.234 e. The van der Waals surface area contributed by atoms with E-state index in [1.807, 2.05) is 0 Å². The molecule has 2 amide bonds. The molecule has 3 N–H and O–H groups in total. The minimum atomic E-state index is -0.344. The Balaban J connectivity index is 2.27. The fourth-order valence-corrected chi connectivity index (χ4v) is 1.55. The summed E-state index contributed by atoms with van der Waals surface area (Å²) in [6, 6.07) is 7.01. The first-order valence-corrected chi connectivity index (χ1v) is 4.36. The Morgan fingerprint density at radius 2 is 1.86 bits per heavy atom. The number of imide groups is 1. The van der Waals surface area contributed by atoms with Crippen molar-refractivity contribution in [3.63, 3.8) is 0 Å². The molecule has 0 spiro atoms. The minimum Gasteiger partial charge on any atom is -0.399 e. The first kappa shape index (κ1) is 8.74. The van der Waals surface area contributed by atoms with E-state index in [1.54, 1.807) is 24.3 Å². The lowest BCUT2D eigenvalue weighted by atomic mass is 9.97. The highest BCUT2D eigenvalue weighted by Gasteiger charge is 2.31. The second-order valence-electron chi connectivity index (χ2n) is 3.34. The lowest BCUT2D eigenvalue weighted by Crippen LogP contribution is -2.21. The largest absolute Gasteiger partial charge is 0.399 e. The summed E-state index contributed by atoms with van der Waals surface area (Å²) in [6.07, 6.45) is 0.239. The van der Waals surface area contributed by atoms with E-state index in [0.29, 0.717) is 5.69 Å². The fourth-order valence-electron chi connectivity index (χ4n) is 1.55. The van der Waals surface area contributed by atoms with Crippen molar-refractivity contribution in [3.8, 4) is 0 Å². The Morgan fingerprint density at radius 3 is 2.36 bits per heavy atom. The molecule has 1 aliphatic rings. The summed E-state index contributed by atoms with van der Waals surface area (Å²) in [5.41, 5.74) is 7.01. The average Bonchev–Trinajstić information content (AvgIpc) is 2.47. The third-order valence-electron chi connectivity index (χ3n) is 2.31. The number of hydrogen-bond donors (Lipinski definition) is 2. The van der Waals surface area contributed by atoms with Crippen molar-refractivity contribution in [2.24, 2.45) is 0 Å². The third-order valence-corrected chi connectivity index (χ3v) is 2.31. The van der Waals surface area contributed by atoms with Crippen molar-refractivity contribution in [2.45, 2.75) is 12.3 Å². The number of nitrogens with one attached hydrogen (secondary N) is 1. The van der Waals surface area contributed by atoms with Gasteiger partial charge in [0.2, 0.25) is 11.8 Å². The van der Waals surface area contributed by atoms with Gasteiger partial charge in [0.05, 0.1) is 5.92 Å². The monoisotopic (exact) mass is 190 g/mol. The van der Waals surface area contributed by atoms with Gasteiger partial charge in [0.1, 0.15) is 0 Å². The van der Waals surface area contributed by atoms with E-state index in [2.05, 4.69) is 5.32 Å². The number of nitrogen functional groups attached to an aromatic ring is 1. The van der Waals surface area contributed by atoms with Crippen LogP contribution < -0.4 is 11.1 Å². The van der Waals surface area contributed by atoms with Crippen LogP contribution in [-0.4, -0.2) is 11.8 Å². The molecule has 1 atom stereocenters. The Morgan fingerprint density at radius 1 is 1.21 bits per heavy atom. The van der Waals surface area contributed by atoms with Crippen molar-refractivity contribution >= 4 is 17.5 Å². The molecule has 14 heavy (non-hydrogen) atoms. The molecular formula is C10H10N2O2. The van der Waals surface area contributed by atoms with Crippen molar-refractivity contribution < 1.29 is 9.59 Å². The molecule has 1 aliphatic heterocycles. The zero-order chi connectivity index (χ0) is 10.1. The Bertz CT molecular complexity index is 384. The van der Waals surface area contributed by atoms with Gasteiger partial charge in [0.15, 0.2) is 0 Å². The van der Waals surface area contributed by atoms with Crippen molar-refractivity contribution in [1.29, 1.82) is 0 Å². The van der Waals surface area contributed by atoms with Crippen LogP contribution in [0.5, 0.6) is 0 Å². The van der Waals surface area contributed by atoms with Crippen LogP contribution in [0.1, 0.15) is 17.9 Å². The van der Waals surface area contributed by atoms with E-state index >= 15 is 0 Å². The highest BCUT2D eigenvalue weighted by Crippen LogP contribution is 2.24. The number of rotatable bonds is 1. The number of anilines is 1. The maximum absolute atomic E-state index is 11.3. The average molecular weight is 190 g/mol. The maximum atomic E-state index is 11.3. The number of amides is 2. The number of carbonyl (C=O) groups is 2. The van der Waals surface area contributed by atoms with Crippen LogP contribution in [0.15, 0.2) is 24.3 Å². The van der Waals surface area contributed by atoms with Gasteiger partial charge in [-0.15, -0.1) is 0 Å². The number of hydrogen-bond acceptors (Lipinski definition) is 3. The molecule has 1 heterocycles. The van der Waals surface area contributed by atoms with Crippen LogP contribution in [0.4, 0.5) is 5.69 Å². The van der Waals surface area contributed by atoms with Gasteiger partial charge < -0.3 is 5.73 Å². The summed E-state index contributed by atoms with van der Waals surface area (Å²) in [7, 11) is 0. The van der Waals surface area contributed by atoms with Crippen LogP contribution >= 0.6 is 0 Å². The zero-order valence-electron chi connectivity index (χ0n) is 7.49. The molecule has 2 rings (SSSR count). The standard InChI is InChI=1S/C10H10N2O2/c11-7-3-1-6(2-4-7)8-5-9(13)12-10(8)14/h1-4,8H,5,11H2,(H,12,13,14)/t8-/m1/s1. The van der Waals surface area contributed by atoms with Gasteiger partial charge >= 0.3 is 0 Å². The van der Waals surface area contributed by atoms with Crippen LogP contribution in [0.3, 0.4) is 0 Å². The quantitative estimate of drug-likeness (QED) is 0.497. The molecule has 4 heteroatoms. The van der Waals surface area contributed by atoms with Gasteiger partial charge in [-0.3, -0.25) is 14.9 Å². The van der Waals surface area contributed by atoms with Gasteiger partial charge in [0.25, 0.3) is 0 Å². The molecule has 4 nitrogen and oxygen atoms in total. The van der Waals surface area contributed by atoms with Crippen LogP contribution in [0.2, 0.25) is 0 Å². The van der Waals surface area contributed by atoms with Gasteiger partial charge in [-0.1, -0.05) is 12.1 Å². The molecule has 0 aromatic heterocycles. The van der Waals surface area contributed by atoms with Gasteiger partial charge in [0, 0.05) is 12.1 Å². The number of nitrogens with two attached hydrogens (primary N) is 1. The van der Waals surface area contributed by atoms with E-state index in [0.717, 1.165) is 5.56 Å². The zero-order valence-corrected chi connectivity index (χ0v) is 7.49. The van der Waals surface area contributed by atoms with Crippen molar-refractivity contribution in [3.05, 3.63) is 29.8 Å². The van der Waals surface area contributed by atoms with E-state index < -0.39 is 0 Å². The molecule has 72 valence electrons. The lowest BCUT2D eigenvalue weighted by molar-refractivity contribution is -0.125. The smallest absolute Gasteiger partial charge is 0.234 e. The predicted molar refractivity (Wildman–Crippen MR) is 51.4 cm³/mol. The topological polar surface area (TPSA) is 72.2 Å². The molecule has 1 aromatic carbocycles. The Hall–Kier alpha value is -1.84. The first-order chi connectivity index (χ1) is 6.66. The first-order valence-electron chi connectivity index (χ1n) is 4.36. The molecule has 1 fully saturated rings. The molecule has 0 radical (unpaired) electrons. The van der Waals surface area contributed by atoms with Crippen molar-refractivity contribution in [2.75, 3.05) is 5.73 Å². The predicted octanol–water partition coefficient (Wildman–Crippen LogP) is 0.399. The SMILES string of the molecule is Nc1ccc([C@H]2CC(=O)NC2=O)cc1. The summed E-state index contributed by atoms with van der Waals surface area (Å²) < 4.78 is 0. The molecule has 0 aliphatic carbocycles. The number of benzene rings is 1. The van der Waals surface area contributed by atoms with Gasteiger partial charge in [-0.2, -0.15) is 0 Å². The summed E-state index contributed by atoms with van der Waals surface area (Å²) in [5.74, 6) is -0.778. The summed E-state index contributed by atoms with van der Waals surface area (Å²) in [6.45, 7) is 0. The summed E-state index contributed by atoms with van der Waals surface area (Å²) in [5, 5.41) is 2.27. The second kappa shape index (κ2) is 3.14. The van der Waals surface area contributed by atoms with E-state index in [-0.39, 0.29) is 24.2 Å². The number of carbonyl (C=O) groups excluding carboxylic acids is 2. The third kappa shape index (κ3) is 1.46. The molecule has 1 saturated heterocycles. The normalized spacial score (nSPS) is 21.0. The van der Waals surface area contributed by atoms with E-state index in [4.69, 9.17) is 5.73 Å². The Labute approximate surface area is 81.1 Å². The molecule has 0 unspecified atom stereocenters. The van der Waals surface area contributed by atoms with Gasteiger partial charge in [-0.05, 0) is 17.7 Å². The van der Waals surface area contributed by atoms with E-state index in [9.17, 15) is 9.59 Å². The van der Waals surface area contributed by atoms with Crippen LogP contribution in [0.25, 0.3) is 0 Å². The van der Waals surface area contributed by atoms with Gasteiger partial charge in [-0.25, -0.2) is 0 Å². The van der Waals surface area contributed by atoms with E-state index in [1.165, 1.54) is 0 Å². The molecule has 0 bridgehead atoms. The Kier molecular flexibility index (Phi) is 1.96. The van der Waals surface area contributed by atoms with Crippen LogP contribution in [0, 0.1) is 0 Å². The second-order valence-corrected chi connectivity index (χ2v) is 3.34. The highest BCUT2D eigenvalue weighted by atomic mass is 16.2. The molecular weight excluding hydrogens is 180 g/mol. The molecule has 0 saturated carbocycles. The summed E-state index contributed by atoms with van der Waals surface area (Å²) in [4.78, 5) is 22.3.